The van der Waals surface area contributed by atoms with Crippen LogP contribution in [0.15, 0.2) is 72.8 Å². The summed E-state index contributed by atoms with van der Waals surface area (Å²) < 4.78 is 12.6. The quantitative estimate of drug-likeness (QED) is 0.269. The van der Waals surface area contributed by atoms with Crippen molar-refractivity contribution in [2.45, 2.75) is 31.5 Å². The fourth-order valence-electron chi connectivity index (χ4n) is 6.17. The number of amides is 3. The van der Waals surface area contributed by atoms with Gasteiger partial charge in [0, 0.05) is 45.8 Å². The van der Waals surface area contributed by atoms with Gasteiger partial charge in [0.05, 0.1) is 19.7 Å². The number of imide groups is 1. The predicted octanol–water partition coefficient (Wildman–Crippen LogP) is 4.50. The van der Waals surface area contributed by atoms with Crippen molar-refractivity contribution in [2.75, 3.05) is 33.9 Å². The lowest BCUT2D eigenvalue weighted by Gasteiger charge is -2.42. The molecular formula is C33H36N6O4. The number of urea groups is 1. The first-order valence-electron chi connectivity index (χ1n) is 14.5. The number of piperidine rings is 1. The first kappa shape index (κ1) is 28.4. The molecule has 3 aromatic carbocycles. The third kappa shape index (κ3) is 5.58. The zero-order chi connectivity index (χ0) is 30.0. The molecule has 10 nitrogen and oxygen atoms in total. The summed E-state index contributed by atoms with van der Waals surface area (Å²) >= 11 is 0. The number of rotatable bonds is 9. The van der Waals surface area contributed by atoms with Crippen LogP contribution in [0, 0.1) is 0 Å². The summed E-state index contributed by atoms with van der Waals surface area (Å²) in [5.41, 5.74) is 3.78. The molecule has 0 bridgehead atoms. The number of hydrogen-bond donors (Lipinski definition) is 0. The summed E-state index contributed by atoms with van der Waals surface area (Å²) in [4.78, 5) is 33.6. The van der Waals surface area contributed by atoms with E-state index in [0.717, 1.165) is 39.2 Å². The first-order chi connectivity index (χ1) is 20.9. The van der Waals surface area contributed by atoms with Crippen molar-refractivity contribution in [3.05, 3.63) is 89.5 Å². The van der Waals surface area contributed by atoms with Gasteiger partial charge in [-0.05, 0) is 53.8 Å². The number of hydrogen-bond acceptors (Lipinski definition) is 7. The summed E-state index contributed by atoms with van der Waals surface area (Å²) in [6.07, 6.45) is 4.93. The zero-order valence-corrected chi connectivity index (χ0v) is 24.8. The highest BCUT2D eigenvalue weighted by Gasteiger charge is 2.57. The molecule has 2 aliphatic rings. The van der Waals surface area contributed by atoms with Crippen molar-refractivity contribution in [3.8, 4) is 11.5 Å². The van der Waals surface area contributed by atoms with Gasteiger partial charge in [0.15, 0.2) is 0 Å². The maximum atomic E-state index is 14.1. The Balaban J connectivity index is 1.24. The lowest BCUT2D eigenvalue weighted by Crippen LogP contribution is -2.56. The van der Waals surface area contributed by atoms with Gasteiger partial charge in [-0.2, -0.15) is 0 Å². The van der Waals surface area contributed by atoms with Crippen molar-refractivity contribution >= 4 is 29.0 Å². The fraction of sp³-hybridized carbons (Fsp3) is 0.333. The van der Waals surface area contributed by atoms with Gasteiger partial charge >= 0.3 is 6.03 Å². The average molecular weight is 581 g/mol. The molecule has 2 aliphatic heterocycles. The molecule has 6 rings (SSSR count). The van der Waals surface area contributed by atoms with Crippen molar-refractivity contribution in [1.29, 1.82) is 0 Å². The number of carbonyl (C=O) groups excluding carboxylic acids is 2. The van der Waals surface area contributed by atoms with Crippen LogP contribution in [-0.2, 0) is 24.9 Å². The van der Waals surface area contributed by atoms with Crippen LogP contribution in [0.3, 0.4) is 0 Å². The number of ether oxygens (including phenoxy) is 2. The van der Waals surface area contributed by atoms with E-state index in [9.17, 15) is 9.59 Å². The Bertz CT molecular complexity index is 1640. The minimum absolute atomic E-state index is 0.126. The molecule has 1 aromatic heterocycles. The second kappa shape index (κ2) is 11.9. The predicted molar refractivity (Wildman–Crippen MR) is 163 cm³/mol. The molecular weight excluding hydrogens is 544 g/mol. The second-order valence-corrected chi connectivity index (χ2v) is 11.2. The van der Waals surface area contributed by atoms with E-state index >= 15 is 0 Å². The normalized spacial score (nSPS) is 17.1. The number of likely N-dealkylation sites (tertiary alicyclic amines) is 1. The van der Waals surface area contributed by atoms with Gasteiger partial charge in [-0.25, -0.2) is 9.48 Å². The molecule has 10 heteroatoms. The van der Waals surface area contributed by atoms with Crippen LogP contribution in [0.2, 0.25) is 0 Å². The number of benzene rings is 3. The highest BCUT2D eigenvalue weighted by Crippen LogP contribution is 2.39. The highest BCUT2D eigenvalue weighted by molar-refractivity contribution is 6.07. The largest absolute Gasteiger partial charge is 0.497 e. The van der Waals surface area contributed by atoms with Crippen molar-refractivity contribution < 1.29 is 19.1 Å². The number of nitrogens with zero attached hydrogens (tertiary/aromatic N) is 6. The van der Waals surface area contributed by atoms with Gasteiger partial charge < -0.3 is 14.4 Å². The topological polar surface area (TPSA) is 93.0 Å². The minimum atomic E-state index is -0.905. The van der Waals surface area contributed by atoms with Crippen LogP contribution in [0.1, 0.15) is 29.5 Å². The van der Waals surface area contributed by atoms with E-state index in [-0.39, 0.29) is 18.5 Å². The number of aromatic nitrogens is 3. The van der Waals surface area contributed by atoms with E-state index in [2.05, 4.69) is 15.2 Å². The molecule has 0 saturated carbocycles. The van der Waals surface area contributed by atoms with Gasteiger partial charge in [0.25, 0.3) is 5.91 Å². The Morgan fingerprint density at radius 3 is 2.30 bits per heavy atom. The molecule has 43 heavy (non-hydrogen) atoms. The number of fused-ring (bicyclic) bond motifs is 1. The van der Waals surface area contributed by atoms with Gasteiger partial charge in [-0.15, -0.1) is 5.10 Å². The lowest BCUT2D eigenvalue weighted by atomic mass is 9.85. The third-order valence-corrected chi connectivity index (χ3v) is 8.54. The Kier molecular flexibility index (Phi) is 7.86. The van der Waals surface area contributed by atoms with E-state index in [4.69, 9.17) is 9.47 Å². The second-order valence-electron chi connectivity index (χ2n) is 11.2. The van der Waals surface area contributed by atoms with Crippen molar-refractivity contribution in [2.24, 2.45) is 7.05 Å². The lowest BCUT2D eigenvalue weighted by molar-refractivity contribution is -0.135. The molecule has 3 amide bonds. The van der Waals surface area contributed by atoms with Crippen LogP contribution >= 0.6 is 0 Å². The summed E-state index contributed by atoms with van der Waals surface area (Å²) in [6, 6.07) is 21.4. The third-order valence-electron chi connectivity index (χ3n) is 8.54. The summed E-state index contributed by atoms with van der Waals surface area (Å²) in [6.45, 7) is 2.58. The smallest absolute Gasteiger partial charge is 0.328 e. The number of aryl methyl sites for hydroxylation is 1. The minimum Gasteiger partial charge on any atom is -0.497 e. The Morgan fingerprint density at radius 2 is 1.60 bits per heavy atom. The van der Waals surface area contributed by atoms with Crippen LogP contribution in [-0.4, -0.2) is 81.0 Å². The number of methoxy groups -OCH3 is 2. The Hall–Kier alpha value is -4.70. The molecule has 222 valence electrons. The molecule has 0 N–H and O–H groups in total. The average Bonchev–Trinajstić information content (AvgIpc) is 3.49. The Morgan fingerprint density at radius 1 is 0.884 bits per heavy atom. The van der Waals surface area contributed by atoms with E-state index in [0.29, 0.717) is 39.0 Å². The van der Waals surface area contributed by atoms with Gasteiger partial charge in [0.1, 0.15) is 22.6 Å². The Labute approximate surface area is 251 Å². The highest BCUT2D eigenvalue weighted by atomic mass is 16.5. The zero-order valence-electron chi connectivity index (χ0n) is 24.8. The summed E-state index contributed by atoms with van der Waals surface area (Å²) in [7, 11) is 5.13. The number of carbonyl (C=O) groups is 2. The van der Waals surface area contributed by atoms with Crippen LogP contribution in [0.4, 0.5) is 4.79 Å². The van der Waals surface area contributed by atoms with Crippen LogP contribution < -0.4 is 9.47 Å². The van der Waals surface area contributed by atoms with E-state index in [1.165, 1.54) is 4.90 Å². The molecule has 0 radical (unpaired) electrons. The molecule has 2 saturated heterocycles. The van der Waals surface area contributed by atoms with Crippen molar-refractivity contribution in [1.82, 2.24) is 29.7 Å². The van der Waals surface area contributed by atoms with Gasteiger partial charge in [0.2, 0.25) is 0 Å². The van der Waals surface area contributed by atoms with Crippen LogP contribution in [0.5, 0.6) is 11.5 Å². The van der Waals surface area contributed by atoms with E-state index < -0.39 is 5.54 Å². The molecule has 1 spiro atoms. The molecule has 0 atom stereocenters. The molecule has 3 heterocycles. The summed E-state index contributed by atoms with van der Waals surface area (Å²) in [5, 5.41) is 8.36. The van der Waals surface area contributed by atoms with E-state index in [1.807, 2.05) is 85.9 Å². The van der Waals surface area contributed by atoms with Gasteiger partial charge in [-0.1, -0.05) is 53.8 Å². The van der Waals surface area contributed by atoms with Gasteiger partial charge in [-0.3, -0.25) is 14.6 Å². The maximum absolute atomic E-state index is 14.1. The SMILES string of the molecule is COc1cc(CN2CCC3(CC2)C(=O)N(CC=Cc2ccccc2)C(=O)N3Cc2ccc3c(c2)nnn3C)cc(OC)c1. The fourth-order valence-corrected chi connectivity index (χ4v) is 6.17. The first-order valence-corrected chi connectivity index (χ1v) is 14.5. The molecule has 4 aromatic rings. The standard InChI is InChI=1S/C33H36N6O4/c1-36-30-12-11-25(20-29(30)34-35-36)23-39-32(41)38(15-7-10-24-8-5-4-6-9-24)31(40)33(39)13-16-37(17-14-33)22-26-18-27(42-2)21-28(19-26)43-3/h4-12,18-21H,13-17,22-23H2,1-3H3. The molecule has 0 unspecified atom stereocenters. The maximum Gasteiger partial charge on any atom is 0.328 e. The summed E-state index contributed by atoms with van der Waals surface area (Å²) in [5.74, 6) is 1.35. The monoisotopic (exact) mass is 580 g/mol. The molecule has 2 fully saturated rings. The van der Waals surface area contributed by atoms with Crippen LogP contribution in [0.25, 0.3) is 17.1 Å². The van der Waals surface area contributed by atoms with Crippen molar-refractivity contribution in [3.63, 3.8) is 0 Å². The van der Waals surface area contributed by atoms with E-state index in [1.54, 1.807) is 23.8 Å². The molecule has 0 aliphatic carbocycles.